The molecule has 0 amide bonds. The van der Waals surface area contributed by atoms with Crippen molar-refractivity contribution in [3.8, 4) is 0 Å². The molecule has 0 bridgehead atoms. The second-order valence-electron chi connectivity index (χ2n) is 6.57. The van der Waals surface area contributed by atoms with E-state index in [1.807, 2.05) is 6.08 Å². The van der Waals surface area contributed by atoms with Gasteiger partial charge in [-0.1, -0.05) is 103 Å². The van der Waals surface area contributed by atoms with E-state index < -0.39 is 16.5 Å². The van der Waals surface area contributed by atoms with Crippen LogP contribution in [0.5, 0.6) is 0 Å². The van der Waals surface area contributed by atoms with Gasteiger partial charge in [0.2, 0.25) is 0 Å². The Hall–Kier alpha value is 1.78. The van der Waals surface area contributed by atoms with Crippen molar-refractivity contribution in [2.45, 2.75) is 103 Å². The first-order chi connectivity index (χ1) is 13.0. The van der Waals surface area contributed by atoms with Crippen molar-refractivity contribution in [1.29, 1.82) is 0 Å². The van der Waals surface area contributed by atoms with Crippen molar-refractivity contribution in [2.24, 2.45) is 0 Å². The Labute approximate surface area is 224 Å². The fourth-order valence-corrected chi connectivity index (χ4v) is 3.14. The van der Waals surface area contributed by atoms with Crippen LogP contribution in [-0.2, 0) is 13.4 Å². The average molecular weight is 470 g/mol. The Morgan fingerprint density at radius 3 is 1.31 bits per heavy atom. The molecule has 0 aromatic rings. The molecule has 6 nitrogen and oxygen atoms in total. The molecule has 29 heavy (non-hydrogen) atoms. The predicted molar refractivity (Wildman–Crippen MR) is 107 cm³/mol. The Bertz CT molecular complexity index is 363. The molecule has 0 fully saturated rings. The van der Waals surface area contributed by atoms with Crippen molar-refractivity contribution >= 4 is 16.5 Å². The van der Waals surface area contributed by atoms with Gasteiger partial charge < -0.3 is 14.9 Å². The fourth-order valence-electron chi connectivity index (χ4n) is 2.70. The van der Waals surface area contributed by atoms with Crippen LogP contribution >= 0.6 is 16.5 Å². The molecule has 0 heterocycles. The SMILES string of the molecule is CCCCCCCCCCCCCCCCC=CCO.O=[P+]([O-])O[P+](=O)[O-].[Na+].[Na+]. The van der Waals surface area contributed by atoms with Crippen LogP contribution in [0.25, 0.3) is 0 Å². The third-order valence-electron chi connectivity index (χ3n) is 4.13. The van der Waals surface area contributed by atoms with Crippen molar-refractivity contribution in [3.63, 3.8) is 0 Å². The molecule has 0 aliphatic carbocycles. The van der Waals surface area contributed by atoms with Crippen LogP contribution in [0.3, 0.4) is 0 Å². The van der Waals surface area contributed by atoms with Crippen molar-refractivity contribution in [1.82, 2.24) is 0 Å². The van der Waals surface area contributed by atoms with Crippen LogP contribution in [-0.4, -0.2) is 11.7 Å². The van der Waals surface area contributed by atoms with Crippen molar-refractivity contribution in [2.75, 3.05) is 6.61 Å². The molecular weight excluding hydrogens is 432 g/mol. The fraction of sp³-hybridized carbons (Fsp3) is 0.895. The summed E-state index contributed by atoms with van der Waals surface area (Å²) in [6, 6.07) is 0. The zero-order valence-electron chi connectivity index (χ0n) is 18.9. The summed E-state index contributed by atoms with van der Waals surface area (Å²) in [6.07, 6.45) is 24.9. The van der Waals surface area contributed by atoms with E-state index in [0.717, 1.165) is 6.42 Å². The minimum absolute atomic E-state index is 0. The van der Waals surface area contributed by atoms with Crippen LogP contribution in [0.15, 0.2) is 12.2 Å². The average Bonchev–Trinajstić information content (AvgIpc) is 2.61. The first-order valence-electron chi connectivity index (χ1n) is 10.3. The normalized spacial score (nSPS) is 11.2. The number of aliphatic hydroxyl groups excluding tert-OH is 1. The standard InChI is InChI=1S/C19H38O.2Na.O5P2/c1-2-3-4-5-6-7-8-9-10-11-12-13-14-15-16-17-18-19-20;;;1-6(2)5-7(3)4/h17-18,20H,2-16,19H2,1H3;;;/q;2*+1;. The van der Waals surface area contributed by atoms with Crippen LogP contribution in [0.4, 0.5) is 0 Å². The molecular formula is C19H38Na2O6P2+2. The number of unbranched alkanes of at least 4 members (excludes halogenated alkanes) is 14. The summed E-state index contributed by atoms with van der Waals surface area (Å²) >= 11 is 0. The van der Waals surface area contributed by atoms with Crippen molar-refractivity contribution < 1.29 is 87.4 Å². The van der Waals surface area contributed by atoms with Crippen LogP contribution in [0, 0.1) is 0 Å². The molecule has 2 unspecified atom stereocenters. The van der Waals surface area contributed by atoms with Crippen LogP contribution in [0.1, 0.15) is 103 Å². The van der Waals surface area contributed by atoms with Gasteiger partial charge >= 0.3 is 75.6 Å². The summed E-state index contributed by atoms with van der Waals surface area (Å²) < 4.78 is 21.6. The molecule has 0 radical (unpaired) electrons. The topological polar surface area (TPSA) is 110 Å². The minimum Gasteiger partial charge on any atom is -0.563 e. The summed E-state index contributed by atoms with van der Waals surface area (Å²) in [5, 5.41) is 8.59. The molecule has 0 saturated carbocycles. The van der Waals surface area contributed by atoms with E-state index in [1.54, 1.807) is 0 Å². The first-order valence-corrected chi connectivity index (χ1v) is 12.5. The Morgan fingerprint density at radius 2 is 1.03 bits per heavy atom. The molecule has 0 aromatic carbocycles. The quantitative estimate of drug-likeness (QED) is 0.125. The van der Waals surface area contributed by atoms with Gasteiger partial charge in [-0.05, 0) is 22.0 Å². The maximum absolute atomic E-state index is 9.24. The smallest absolute Gasteiger partial charge is 0.563 e. The van der Waals surface area contributed by atoms with Gasteiger partial charge in [-0.3, -0.25) is 0 Å². The van der Waals surface area contributed by atoms with Gasteiger partial charge in [0.25, 0.3) is 0 Å². The molecule has 1 N–H and O–H groups in total. The van der Waals surface area contributed by atoms with Gasteiger partial charge in [-0.25, -0.2) is 0 Å². The Morgan fingerprint density at radius 1 is 0.690 bits per heavy atom. The van der Waals surface area contributed by atoms with Crippen LogP contribution < -0.4 is 68.9 Å². The van der Waals surface area contributed by atoms with E-state index in [4.69, 9.17) is 5.11 Å². The number of aliphatic hydroxyl groups is 1. The minimum atomic E-state index is -3.24. The molecule has 0 spiro atoms. The summed E-state index contributed by atoms with van der Waals surface area (Å²) in [6.45, 7) is 2.48. The van der Waals surface area contributed by atoms with Gasteiger partial charge in [0.05, 0.1) is 6.61 Å². The zero-order valence-corrected chi connectivity index (χ0v) is 24.6. The Balaban J connectivity index is -0.000000298. The maximum atomic E-state index is 9.24. The second-order valence-corrected chi connectivity index (χ2v) is 8.12. The second kappa shape index (κ2) is 34.4. The van der Waals surface area contributed by atoms with E-state index in [0.29, 0.717) is 0 Å². The maximum Gasteiger partial charge on any atom is 1.00 e. The number of allylic oxidation sites excluding steroid dienone is 1. The molecule has 0 saturated heterocycles. The van der Waals surface area contributed by atoms with E-state index in [1.165, 1.54) is 89.9 Å². The monoisotopic (exact) mass is 470 g/mol. The molecule has 0 aromatic heterocycles. The number of rotatable bonds is 18. The summed E-state index contributed by atoms with van der Waals surface area (Å²) in [5.74, 6) is 0. The summed E-state index contributed by atoms with van der Waals surface area (Å²) in [4.78, 5) is 18.5. The van der Waals surface area contributed by atoms with Crippen LogP contribution in [0.2, 0.25) is 0 Å². The van der Waals surface area contributed by atoms with E-state index in [-0.39, 0.29) is 65.7 Å². The third kappa shape index (κ3) is 44.3. The zero-order chi connectivity index (χ0) is 20.6. The summed E-state index contributed by atoms with van der Waals surface area (Å²) in [7, 11) is -6.47. The molecule has 2 atom stereocenters. The van der Waals surface area contributed by atoms with Gasteiger partial charge in [-0.2, -0.15) is 0 Å². The number of hydrogen-bond acceptors (Lipinski definition) is 6. The number of hydrogen-bond donors (Lipinski definition) is 1. The van der Waals surface area contributed by atoms with E-state index >= 15 is 0 Å². The van der Waals surface area contributed by atoms with Gasteiger partial charge in [0, 0.05) is 0 Å². The summed E-state index contributed by atoms with van der Waals surface area (Å²) in [5.41, 5.74) is 0. The Kier molecular flexibility index (Phi) is 45.1. The molecule has 0 rings (SSSR count). The molecule has 0 aliphatic rings. The molecule has 10 heteroatoms. The first kappa shape index (κ1) is 38.1. The molecule has 0 aliphatic heterocycles. The van der Waals surface area contributed by atoms with E-state index in [9.17, 15) is 18.9 Å². The molecule has 160 valence electrons. The van der Waals surface area contributed by atoms with Gasteiger partial charge in [0.15, 0.2) is 0 Å². The third-order valence-corrected chi connectivity index (χ3v) is 5.20. The predicted octanol–water partition coefficient (Wildman–Crippen LogP) is -0.547. The van der Waals surface area contributed by atoms with Gasteiger partial charge in [0.1, 0.15) is 4.31 Å². The van der Waals surface area contributed by atoms with E-state index in [2.05, 4.69) is 17.3 Å². The van der Waals surface area contributed by atoms with Gasteiger partial charge in [-0.15, -0.1) is 0 Å². The largest absolute Gasteiger partial charge is 1.00 e. The van der Waals surface area contributed by atoms with Crippen molar-refractivity contribution in [3.05, 3.63) is 12.2 Å².